The molecule has 5 nitrogen and oxygen atoms in total. The minimum Gasteiger partial charge on any atom is -0.481 e. The first kappa shape index (κ1) is 15.4. The van der Waals surface area contributed by atoms with Gasteiger partial charge in [0.15, 0.2) is 0 Å². The lowest BCUT2D eigenvalue weighted by atomic mass is 9.94. The number of hydrogen-bond acceptors (Lipinski definition) is 2. The Balaban J connectivity index is 1.88. The van der Waals surface area contributed by atoms with Gasteiger partial charge in [-0.25, -0.2) is 4.79 Å². The number of urea groups is 1. The van der Waals surface area contributed by atoms with E-state index in [0.29, 0.717) is 13.1 Å². The molecular weight excluding hydrogens is 268 g/mol. The Morgan fingerprint density at radius 3 is 2.29 bits per heavy atom. The topological polar surface area (TPSA) is 69.6 Å². The van der Waals surface area contributed by atoms with Gasteiger partial charge in [-0.15, -0.1) is 0 Å². The maximum atomic E-state index is 12.2. The van der Waals surface area contributed by atoms with Crippen molar-refractivity contribution in [2.24, 2.45) is 5.92 Å². The molecule has 0 unspecified atom stereocenters. The molecule has 1 aliphatic rings. The average molecular weight is 290 g/mol. The van der Waals surface area contributed by atoms with Crippen molar-refractivity contribution in [1.82, 2.24) is 4.90 Å². The monoisotopic (exact) mass is 290 g/mol. The summed E-state index contributed by atoms with van der Waals surface area (Å²) in [6.07, 6.45) is 1.71. The van der Waals surface area contributed by atoms with Crippen molar-refractivity contribution in [3.8, 4) is 0 Å². The summed E-state index contributed by atoms with van der Waals surface area (Å²) in [4.78, 5) is 24.7. The number of nitrogens with zero attached hydrogens (tertiary/aromatic N) is 1. The number of aryl methyl sites for hydroxylation is 2. The quantitative estimate of drug-likeness (QED) is 0.899. The Morgan fingerprint density at radius 1 is 1.19 bits per heavy atom. The van der Waals surface area contributed by atoms with Crippen molar-refractivity contribution < 1.29 is 14.7 Å². The van der Waals surface area contributed by atoms with E-state index in [4.69, 9.17) is 5.11 Å². The minimum atomic E-state index is -0.756. The lowest BCUT2D eigenvalue weighted by Crippen LogP contribution is -2.41. The van der Waals surface area contributed by atoms with Crippen molar-refractivity contribution in [2.75, 3.05) is 18.4 Å². The Labute approximate surface area is 125 Å². The molecule has 0 saturated carbocycles. The summed E-state index contributed by atoms with van der Waals surface area (Å²) in [5.74, 6) is -0.569. The van der Waals surface area contributed by atoms with Gasteiger partial charge in [0.05, 0.1) is 0 Å². The van der Waals surface area contributed by atoms with Crippen LogP contribution >= 0.6 is 0 Å². The second-order valence-electron chi connectivity index (χ2n) is 5.83. The van der Waals surface area contributed by atoms with Gasteiger partial charge in [-0.05, 0) is 55.9 Å². The molecule has 1 fully saturated rings. The van der Waals surface area contributed by atoms with E-state index in [2.05, 4.69) is 11.4 Å². The van der Waals surface area contributed by atoms with Crippen LogP contribution in [-0.2, 0) is 4.79 Å². The number of carboxylic acids is 1. The van der Waals surface area contributed by atoms with Gasteiger partial charge in [0.1, 0.15) is 0 Å². The Bertz CT molecular complexity index is 514. The number of amides is 2. The fraction of sp³-hybridized carbons (Fsp3) is 0.500. The number of likely N-dealkylation sites (tertiary alicyclic amines) is 1. The molecule has 0 bridgehead atoms. The summed E-state index contributed by atoms with van der Waals surface area (Å²) in [6, 6.07) is 5.85. The van der Waals surface area contributed by atoms with Gasteiger partial charge in [0, 0.05) is 25.2 Å². The van der Waals surface area contributed by atoms with Crippen LogP contribution < -0.4 is 5.32 Å². The van der Waals surface area contributed by atoms with E-state index in [1.54, 1.807) is 4.90 Å². The molecule has 114 valence electrons. The number of carbonyl (C=O) groups excluding carboxylic acids is 1. The molecule has 0 radical (unpaired) electrons. The second-order valence-corrected chi connectivity index (χ2v) is 5.83. The second kappa shape index (κ2) is 6.61. The number of nitrogens with one attached hydrogen (secondary N) is 1. The van der Waals surface area contributed by atoms with Crippen molar-refractivity contribution in [1.29, 1.82) is 0 Å². The number of hydrogen-bond donors (Lipinski definition) is 2. The van der Waals surface area contributed by atoms with Crippen molar-refractivity contribution in [2.45, 2.75) is 33.1 Å². The Hall–Kier alpha value is -2.04. The summed E-state index contributed by atoms with van der Waals surface area (Å²) < 4.78 is 0. The third-order valence-corrected chi connectivity index (χ3v) is 3.84. The van der Waals surface area contributed by atoms with E-state index in [0.717, 1.165) is 29.7 Å². The molecule has 0 spiro atoms. The van der Waals surface area contributed by atoms with Crippen LogP contribution in [0.2, 0.25) is 0 Å². The van der Waals surface area contributed by atoms with Crippen LogP contribution in [0, 0.1) is 19.8 Å². The van der Waals surface area contributed by atoms with Gasteiger partial charge in [0.2, 0.25) is 0 Å². The number of piperidine rings is 1. The summed E-state index contributed by atoms with van der Waals surface area (Å²) in [7, 11) is 0. The van der Waals surface area contributed by atoms with Crippen LogP contribution in [0.1, 0.15) is 30.4 Å². The molecule has 1 aromatic carbocycles. The maximum Gasteiger partial charge on any atom is 0.321 e. The molecule has 2 N–H and O–H groups in total. The number of carbonyl (C=O) groups is 2. The fourth-order valence-electron chi connectivity index (χ4n) is 2.84. The van der Waals surface area contributed by atoms with Crippen molar-refractivity contribution in [3.05, 3.63) is 29.3 Å². The lowest BCUT2D eigenvalue weighted by Gasteiger charge is -2.31. The predicted octanol–water partition coefficient (Wildman–Crippen LogP) is 3.02. The minimum absolute atomic E-state index is 0.103. The molecular formula is C16H22N2O3. The summed E-state index contributed by atoms with van der Waals surface area (Å²) in [5.41, 5.74) is 3.04. The highest BCUT2D eigenvalue weighted by molar-refractivity contribution is 5.89. The number of aliphatic carboxylic acids is 1. The molecule has 2 rings (SSSR count). The predicted molar refractivity (Wildman–Crippen MR) is 81.5 cm³/mol. The molecule has 1 aliphatic heterocycles. The highest BCUT2D eigenvalue weighted by Crippen LogP contribution is 2.21. The molecule has 0 atom stereocenters. The van der Waals surface area contributed by atoms with Crippen molar-refractivity contribution in [3.63, 3.8) is 0 Å². The zero-order valence-electron chi connectivity index (χ0n) is 12.6. The number of anilines is 1. The molecule has 0 aromatic heterocycles. The highest BCUT2D eigenvalue weighted by Gasteiger charge is 2.24. The smallest absolute Gasteiger partial charge is 0.321 e. The molecule has 1 aromatic rings. The van der Waals surface area contributed by atoms with Crippen LogP contribution in [-0.4, -0.2) is 35.1 Å². The van der Waals surface area contributed by atoms with Crippen LogP contribution in [0.5, 0.6) is 0 Å². The molecule has 0 aliphatic carbocycles. The average Bonchev–Trinajstić information content (AvgIpc) is 2.37. The lowest BCUT2D eigenvalue weighted by molar-refractivity contribution is -0.138. The number of rotatable bonds is 3. The summed E-state index contributed by atoms with van der Waals surface area (Å²) in [5, 5.41) is 11.7. The molecule has 21 heavy (non-hydrogen) atoms. The van der Waals surface area contributed by atoms with E-state index in [9.17, 15) is 9.59 Å². The van der Waals surface area contributed by atoms with Gasteiger partial charge < -0.3 is 15.3 Å². The van der Waals surface area contributed by atoms with E-state index < -0.39 is 5.97 Å². The fourth-order valence-corrected chi connectivity index (χ4v) is 2.84. The van der Waals surface area contributed by atoms with Gasteiger partial charge >= 0.3 is 12.0 Å². The Kier molecular flexibility index (Phi) is 4.83. The van der Waals surface area contributed by atoms with E-state index >= 15 is 0 Å². The largest absolute Gasteiger partial charge is 0.481 e. The molecule has 1 heterocycles. The normalized spacial score (nSPS) is 15.8. The number of benzene rings is 1. The van der Waals surface area contributed by atoms with Crippen LogP contribution in [0.15, 0.2) is 18.2 Å². The third kappa shape index (κ3) is 4.48. The molecule has 1 saturated heterocycles. The van der Waals surface area contributed by atoms with Crippen LogP contribution in [0.4, 0.5) is 10.5 Å². The van der Waals surface area contributed by atoms with E-state index in [1.165, 1.54) is 0 Å². The van der Waals surface area contributed by atoms with Gasteiger partial charge in [-0.2, -0.15) is 0 Å². The van der Waals surface area contributed by atoms with Gasteiger partial charge in [-0.3, -0.25) is 4.79 Å². The first-order valence-corrected chi connectivity index (χ1v) is 7.30. The third-order valence-electron chi connectivity index (χ3n) is 3.84. The van der Waals surface area contributed by atoms with Crippen LogP contribution in [0.25, 0.3) is 0 Å². The standard InChI is InChI=1S/C16H22N2O3/c1-11-7-12(2)9-14(8-11)17-16(21)18-5-3-13(4-6-18)10-15(19)20/h7-9,13H,3-6,10H2,1-2H3,(H,17,21)(H,19,20). The zero-order valence-corrected chi connectivity index (χ0v) is 12.6. The van der Waals surface area contributed by atoms with Gasteiger partial charge in [-0.1, -0.05) is 6.07 Å². The summed E-state index contributed by atoms with van der Waals surface area (Å²) >= 11 is 0. The first-order chi connectivity index (χ1) is 9.94. The van der Waals surface area contributed by atoms with E-state index in [1.807, 2.05) is 26.0 Å². The molecule has 5 heteroatoms. The van der Waals surface area contributed by atoms with Gasteiger partial charge in [0.25, 0.3) is 0 Å². The van der Waals surface area contributed by atoms with Crippen molar-refractivity contribution >= 4 is 17.7 Å². The maximum absolute atomic E-state index is 12.2. The van der Waals surface area contributed by atoms with Crippen LogP contribution in [0.3, 0.4) is 0 Å². The first-order valence-electron chi connectivity index (χ1n) is 7.30. The number of carboxylic acid groups (broad SMARTS) is 1. The SMILES string of the molecule is Cc1cc(C)cc(NC(=O)N2CCC(CC(=O)O)CC2)c1. The van der Waals surface area contributed by atoms with E-state index in [-0.39, 0.29) is 18.4 Å². The highest BCUT2D eigenvalue weighted by atomic mass is 16.4. The molecule has 2 amide bonds. The summed E-state index contributed by atoms with van der Waals surface area (Å²) in [6.45, 7) is 5.24. The zero-order chi connectivity index (χ0) is 15.4. The Morgan fingerprint density at radius 2 is 1.76 bits per heavy atom.